The van der Waals surface area contributed by atoms with Crippen molar-refractivity contribution in [3.63, 3.8) is 0 Å². The molecule has 0 N–H and O–H groups in total. The van der Waals surface area contributed by atoms with Gasteiger partial charge in [0.05, 0.1) is 21.7 Å². The predicted octanol–water partition coefficient (Wildman–Crippen LogP) is 10.5. The maximum Gasteiger partial charge on any atom is 0.0541 e. The molecule has 0 amide bonds. The summed E-state index contributed by atoms with van der Waals surface area (Å²) >= 11 is 0. The van der Waals surface area contributed by atoms with Crippen molar-refractivity contribution in [2.45, 2.75) is 12.8 Å². The molecule has 2 nitrogen and oxygen atoms in total. The third kappa shape index (κ3) is 4.64. The maximum absolute atomic E-state index is 2.45. The van der Waals surface area contributed by atoms with E-state index in [0.29, 0.717) is 0 Å². The first-order valence-corrected chi connectivity index (χ1v) is 17.5. The van der Waals surface area contributed by atoms with Gasteiger partial charge in [-0.3, -0.25) is 0 Å². The lowest BCUT2D eigenvalue weighted by Crippen LogP contribution is -2.27. The third-order valence-corrected chi connectivity index (χ3v) is 10.4. The summed E-state index contributed by atoms with van der Waals surface area (Å²) in [6.07, 6.45) is 13.5. The molecule has 236 valence electrons. The molecule has 2 heteroatoms. The summed E-state index contributed by atoms with van der Waals surface area (Å²) in [7, 11) is 0. The quantitative estimate of drug-likeness (QED) is 0.178. The van der Waals surface area contributed by atoms with Crippen molar-refractivity contribution in [1.82, 2.24) is 9.13 Å². The number of nitrogens with zero attached hydrogens (tertiary/aromatic N) is 2. The topological polar surface area (TPSA) is 9.86 Å². The highest BCUT2D eigenvalue weighted by Crippen LogP contribution is 2.36. The fraction of sp³-hybridized carbons (Fsp3) is 0.0417. The molecule has 2 aliphatic rings. The van der Waals surface area contributed by atoms with Crippen molar-refractivity contribution < 1.29 is 0 Å². The Kier molecular flexibility index (Phi) is 6.67. The van der Waals surface area contributed by atoms with Crippen molar-refractivity contribution >= 4 is 45.6 Å². The van der Waals surface area contributed by atoms with E-state index < -0.39 is 0 Å². The van der Waals surface area contributed by atoms with Gasteiger partial charge in [0.15, 0.2) is 0 Å². The number of rotatable bonds is 5. The second-order valence-corrected chi connectivity index (χ2v) is 13.3. The monoisotopic (exact) mass is 638 g/mol. The van der Waals surface area contributed by atoms with E-state index in [0.717, 1.165) is 12.8 Å². The zero-order valence-electron chi connectivity index (χ0n) is 27.6. The van der Waals surface area contributed by atoms with Crippen LogP contribution in [0, 0.1) is 0 Å². The van der Waals surface area contributed by atoms with Crippen LogP contribution in [0.4, 0.5) is 0 Å². The molecule has 2 heterocycles. The highest BCUT2D eigenvalue weighted by atomic mass is 15.0. The minimum atomic E-state index is 0.895. The van der Waals surface area contributed by atoms with Crippen LogP contribution >= 0.6 is 0 Å². The van der Waals surface area contributed by atoms with Crippen molar-refractivity contribution in [1.29, 1.82) is 0 Å². The zero-order chi connectivity index (χ0) is 33.0. The summed E-state index contributed by atoms with van der Waals surface area (Å²) in [5.74, 6) is 0. The molecular weight excluding hydrogens is 605 g/mol. The number of fused-ring (bicyclic) bond motifs is 6. The summed E-state index contributed by atoms with van der Waals surface area (Å²) in [4.78, 5) is 0. The van der Waals surface area contributed by atoms with Gasteiger partial charge in [0.25, 0.3) is 0 Å². The molecule has 0 saturated heterocycles. The highest BCUT2D eigenvalue weighted by Gasteiger charge is 2.21. The minimum absolute atomic E-state index is 0.895. The van der Waals surface area contributed by atoms with Crippen LogP contribution in [0.25, 0.3) is 79.2 Å². The fourth-order valence-electron chi connectivity index (χ4n) is 8.01. The number of hydrogen-bond donors (Lipinski definition) is 0. The van der Waals surface area contributed by atoms with Crippen LogP contribution < -0.4 is 10.7 Å². The second kappa shape index (κ2) is 11.6. The molecule has 0 atom stereocenters. The van der Waals surface area contributed by atoms with E-state index in [1.807, 2.05) is 0 Å². The van der Waals surface area contributed by atoms with Gasteiger partial charge in [0.1, 0.15) is 0 Å². The first-order valence-electron chi connectivity index (χ1n) is 17.5. The normalized spacial score (nSPS) is 13.4. The Bertz CT molecular complexity index is 2760. The Morgan fingerprint density at radius 1 is 0.440 bits per heavy atom. The smallest absolute Gasteiger partial charge is 0.0541 e. The van der Waals surface area contributed by atoms with E-state index in [9.17, 15) is 0 Å². The van der Waals surface area contributed by atoms with E-state index in [1.165, 1.54) is 88.4 Å². The van der Waals surface area contributed by atoms with Crippen LogP contribution in [-0.4, -0.2) is 9.13 Å². The summed E-state index contributed by atoms with van der Waals surface area (Å²) < 4.78 is 4.86. The number of aromatic nitrogens is 2. The minimum Gasteiger partial charge on any atom is -0.310 e. The number of benzene rings is 6. The molecule has 50 heavy (non-hydrogen) atoms. The van der Waals surface area contributed by atoms with Crippen molar-refractivity contribution in [3.8, 4) is 33.6 Å². The van der Waals surface area contributed by atoms with E-state index in [2.05, 4.69) is 191 Å². The Morgan fingerprint density at radius 2 is 1.02 bits per heavy atom. The summed E-state index contributed by atoms with van der Waals surface area (Å²) in [5.41, 5.74) is 15.1. The van der Waals surface area contributed by atoms with Gasteiger partial charge in [-0.2, -0.15) is 0 Å². The summed E-state index contributed by atoms with van der Waals surface area (Å²) in [5, 5.41) is 5.14. The highest BCUT2D eigenvalue weighted by molar-refractivity contribution is 6.10. The van der Waals surface area contributed by atoms with Crippen LogP contribution in [0.5, 0.6) is 0 Å². The largest absolute Gasteiger partial charge is 0.310 e. The van der Waals surface area contributed by atoms with Gasteiger partial charge in [0, 0.05) is 34.1 Å². The summed E-state index contributed by atoms with van der Waals surface area (Å²) in [6.45, 7) is 0. The fourth-order valence-corrected chi connectivity index (χ4v) is 8.01. The maximum atomic E-state index is 2.45. The Labute approximate surface area is 291 Å². The van der Waals surface area contributed by atoms with Crippen molar-refractivity contribution in [2.24, 2.45) is 0 Å². The van der Waals surface area contributed by atoms with Gasteiger partial charge in [-0.1, -0.05) is 133 Å². The lowest BCUT2D eigenvalue weighted by Gasteiger charge is -2.14. The number of allylic oxidation sites excluding steroid dienone is 3. The molecule has 0 radical (unpaired) electrons. The number of para-hydroxylation sites is 1. The van der Waals surface area contributed by atoms with Crippen LogP contribution in [0.15, 0.2) is 164 Å². The molecule has 0 unspecified atom stereocenters. The molecule has 2 aromatic heterocycles. The Hall–Kier alpha value is -6.38. The lowest BCUT2D eigenvalue weighted by molar-refractivity contribution is 0.978. The van der Waals surface area contributed by atoms with Gasteiger partial charge in [-0.05, 0) is 93.9 Å². The van der Waals surface area contributed by atoms with Crippen molar-refractivity contribution in [2.75, 3.05) is 0 Å². The standard InChI is InChI=1S/C48H34N2/c1-3-11-33(12-4-1)35-19-25-39(26-20-35)49-45-17-9-7-15-41(45)43-31-37(23-29-47(43)49)38-24-30-48-44(32-38)42-16-8-10-18-46(42)50(48)40-27-21-36(22-28-40)34-13-5-2-6-14-34/h1-9,11-31H,10,32H2. The Balaban J connectivity index is 1.06. The predicted molar refractivity (Wildman–Crippen MR) is 211 cm³/mol. The molecular formula is C48H34N2. The van der Waals surface area contributed by atoms with Gasteiger partial charge in [-0.25, -0.2) is 0 Å². The van der Waals surface area contributed by atoms with E-state index in [-0.39, 0.29) is 0 Å². The molecule has 2 aliphatic carbocycles. The SMILES string of the molecule is C1=Cc2c3c(n(-c4ccc(-c5ccccc5)cc4)c2=CC1)=CC=C(c1ccc2c(c1)c1ccccc1n2-c1ccc(-c2ccccc2)cc1)C3. The molecule has 0 fully saturated rings. The van der Waals surface area contributed by atoms with Crippen molar-refractivity contribution in [3.05, 3.63) is 191 Å². The number of hydrogen-bond acceptors (Lipinski definition) is 0. The average molecular weight is 639 g/mol. The lowest BCUT2D eigenvalue weighted by atomic mass is 9.92. The van der Waals surface area contributed by atoms with Crippen LogP contribution in [0.1, 0.15) is 23.1 Å². The van der Waals surface area contributed by atoms with Gasteiger partial charge in [-0.15, -0.1) is 0 Å². The van der Waals surface area contributed by atoms with E-state index >= 15 is 0 Å². The molecule has 10 rings (SSSR count). The van der Waals surface area contributed by atoms with Gasteiger partial charge in [0.2, 0.25) is 0 Å². The molecule has 0 saturated carbocycles. The summed E-state index contributed by atoms with van der Waals surface area (Å²) in [6, 6.07) is 55.0. The molecule has 0 spiro atoms. The van der Waals surface area contributed by atoms with Crippen LogP contribution in [-0.2, 0) is 6.42 Å². The molecule has 6 aromatic carbocycles. The average Bonchev–Trinajstić information content (AvgIpc) is 3.71. The van der Waals surface area contributed by atoms with E-state index in [1.54, 1.807) is 0 Å². The van der Waals surface area contributed by atoms with Crippen LogP contribution in [0.3, 0.4) is 0 Å². The first kappa shape index (κ1) is 28.6. The van der Waals surface area contributed by atoms with Crippen LogP contribution in [0.2, 0.25) is 0 Å². The second-order valence-electron chi connectivity index (χ2n) is 13.3. The van der Waals surface area contributed by atoms with Gasteiger partial charge >= 0.3 is 0 Å². The zero-order valence-corrected chi connectivity index (χ0v) is 27.6. The Morgan fingerprint density at radius 3 is 1.72 bits per heavy atom. The molecule has 0 bridgehead atoms. The molecule has 0 aliphatic heterocycles. The van der Waals surface area contributed by atoms with E-state index in [4.69, 9.17) is 0 Å². The third-order valence-electron chi connectivity index (χ3n) is 10.4. The molecule has 8 aromatic rings. The first-order chi connectivity index (χ1) is 24.8. The van der Waals surface area contributed by atoms with Gasteiger partial charge < -0.3 is 9.13 Å².